The van der Waals surface area contributed by atoms with Crippen molar-refractivity contribution in [3.63, 3.8) is 0 Å². The van der Waals surface area contributed by atoms with Crippen LogP contribution in [0.4, 0.5) is 0 Å². The molecule has 0 radical (unpaired) electrons. The monoisotopic (exact) mass is 318 g/mol. The van der Waals surface area contributed by atoms with E-state index in [0.29, 0.717) is 11.8 Å². The zero-order valence-corrected chi connectivity index (χ0v) is 14.8. The number of carboxylic acids is 2. The largest absolute Gasteiger partial charge is 2.00 e. The summed E-state index contributed by atoms with van der Waals surface area (Å²) in [7, 11) is 0. The maximum atomic E-state index is 9.79. The fourth-order valence-electron chi connectivity index (χ4n) is 0.813. The first-order chi connectivity index (χ1) is 7.25. The summed E-state index contributed by atoms with van der Waals surface area (Å²) in [6.07, 6.45) is 1.83. The molecular formula is C12H22O4Sr. The van der Waals surface area contributed by atoms with E-state index in [0.717, 1.165) is 12.8 Å². The SMILES string of the molecule is CC(C)CCC(=O)[O-].CC(C)CCC(=O)[O-].[Sr+2]. The Bertz CT molecular complexity index is 181. The second-order valence-corrected chi connectivity index (χ2v) is 4.61. The standard InChI is InChI=1S/2C6H12O2.Sr/c2*1-5(2)3-4-6(7)8;/h2*5H,3-4H2,1-2H3,(H,7,8);/q;;+2/p-2. The third-order valence-corrected chi connectivity index (χ3v) is 1.85. The molecule has 0 N–H and O–H groups in total. The topological polar surface area (TPSA) is 80.3 Å². The summed E-state index contributed by atoms with van der Waals surface area (Å²) >= 11 is 0. The maximum absolute atomic E-state index is 9.79. The van der Waals surface area contributed by atoms with Gasteiger partial charge in [-0.05, 0) is 37.5 Å². The van der Waals surface area contributed by atoms with E-state index in [1.807, 2.05) is 27.7 Å². The normalized spacial score (nSPS) is 9.29. The van der Waals surface area contributed by atoms with Gasteiger partial charge in [0.15, 0.2) is 0 Å². The predicted molar refractivity (Wildman–Crippen MR) is 63.9 cm³/mol. The zero-order valence-electron chi connectivity index (χ0n) is 11.3. The smallest absolute Gasteiger partial charge is 0.550 e. The molecule has 0 amide bonds. The van der Waals surface area contributed by atoms with Crippen LogP contribution in [0.1, 0.15) is 53.4 Å². The van der Waals surface area contributed by atoms with Crippen molar-refractivity contribution in [1.82, 2.24) is 0 Å². The average molecular weight is 318 g/mol. The summed E-state index contributed by atoms with van der Waals surface area (Å²) in [5.74, 6) is -0.960. The second-order valence-electron chi connectivity index (χ2n) is 4.61. The quantitative estimate of drug-likeness (QED) is 0.644. The first-order valence-electron chi connectivity index (χ1n) is 5.65. The second kappa shape index (κ2) is 14.5. The van der Waals surface area contributed by atoms with E-state index in [1.165, 1.54) is 0 Å². The van der Waals surface area contributed by atoms with E-state index in [1.54, 1.807) is 0 Å². The molecule has 0 aromatic heterocycles. The molecule has 0 aliphatic carbocycles. The summed E-state index contributed by atoms with van der Waals surface area (Å²) < 4.78 is 0. The molecule has 5 heteroatoms. The van der Waals surface area contributed by atoms with Crippen molar-refractivity contribution < 1.29 is 19.8 Å². The molecule has 17 heavy (non-hydrogen) atoms. The Kier molecular flexibility index (Phi) is 19.2. The molecule has 0 saturated carbocycles. The predicted octanol–water partition coefficient (Wildman–Crippen LogP) is -0.0358. The Hall–Kier alpha value is 0.421. The third-order valence-electron chi connectivity index (χ3n) is 1.85. The average Bonchev–Trinajstić information content (AvgIpc) is 2.12. The number of carbonyl (C=O) groups is 2. The molecular weight excluding hydrogens is 296 g/mol. The van der Waals surface area contributed by atoms with Crippen molar-refractivity contribution in [3.05, 3.63) is 0 Å². The Morgan fingerprint density at radius 1 is 0.824 bits per heavy atom. The van der Waals surface area contributed by atoms with Crippen molar-refractivity contribution in [2.24, 2.45) is 11.8 Å². The molecule has 0 fully saturated rings. The van der Waals surface area contributed by atoms with E-state index >= 15 is 0 Å². The van der Waals surface area contributed by atoms with Crippen LogP contribution in [-0.2, 0) is 9.59 Å². The fourth-order valence-corrected chi connectivity index (χ4v) is 0.813. The number of hydrogen-bond donors (Lipinski definition) is 0. The van der Waals surface area contributed by atoms with Crippen LogP contribution < -0.4 is 10.2 Å². The molecule has 0 spiro atoms. The number of carbonyl (C=O) groups excluding carboxylic acids is 2. The summed E-state index contributed by atoms with van der Waals surface area (Å²) in [5.41, 5.74) is 0. The van der Waals surface area contributed by atoms with Gasteiger partial charge in [-0.1, -0.05) is 27.7 Å². The van der Waals surface area contributed by atoms with Gasteiger partial charge in [-0.3, -0.25) is 0 Å². The summed E-state index contributed by atoms with van der Waals surface area (Å²) in [6, 6.07) is 0. The number of carboxylic acid groups (broad SMARTS) is 2. The van der Waals surface area contributed by atoms with Gasteiger partial charge in [0.1, 0.15) is 0 Å². The van der Waals surface area contributed by atoms with Gasteiger partial charge in [-0.25, -0.2) is 0 Å². The van der Waals surface area contributed by atoms with Crippen LogP contribution in [0.3, 0.4) is 0 Å². The molecule has 0 heterocycles. The van der Waals surface area contributed by atoms with Crippen LogP contribution in [0.15, 0.2) is 0 Å². The Morgan fingerprint density at radius 3 is 1.12 bits per heavy atom. The molecule has 0 aliphatic rings. The molecule has 0 bridgehead atoms. The fraction of sp³-hybridized carbons (Fsp3) is 0.833. The van der Waals surface area contributed by atoms with Crippen LogP contribution in [0.2, 0.25) is 0 Å². The van der Waals surface area contributed by atoms with E-state index in [2.05, 4.69) is 0 Å². The van der Waals surface area contributed by atoms with Gasteiger partial charge in [0.25, 0.3) is 0 Å². The maximum Gasteiger partial charge on any atom is 2.00 e. The molecule has 0 aliphatic heterocycles. The number of rotatable bonds is 6. The molecule has 0 aromatic rings. The van der Waals surface area contributed by atoms with Crippen molar-refractivity contribution >= 4 is 57.4 Å². The van der Waals surface area contributed by atoms with Gasteiger partial charge in [0.2, 0.25) is 0 Å². The summed E-state index contributed by atoms with van der Waals surface area (Å²) in [5, 5.41) is 19.6. The van der Waals surface area contributed by atoms with E-state index in [4.69, 9.17) is 0 Å². The van der Waals surface area contributed by atoms with Gasteiger partial charge in [0, 0.05) is 11.9 Å². The van der Waals surface area contributed by atoms with Crippen LogP contribution in [-0.4, -0.2) is 57.4 Å². The minimum absolute atomic E-state index is 0. The van der Waals surface area contributed by atoms with Gasteiger partial charge in [0.05, 0.1) is 0 Å². The van der Waals surface area contributed by atoms with Gasteiger partial charge >= 0.3 is 45.5 Å². The molecule has 0 saturated heterocycles. The molecule has 0 aromatic carbocycles. The van der Waals surface area contributed by atoms with E-state index < -0.39 is 11.9 Å². The van der Waals surface area contributed by atoms with Crippen molar-refractivity contribution in [2.45, 2.75) is 53.4 Å². The molecule has 0 unspecified atom stereocenters. The third kappa shape index (κ3) is 31.4. The van der Waals surface area contributed by atoms with Crippen molar-refractivity contribution in [3.8, 4) is 0 Å². The number of hydrogen-bond acceptors (Lipinski definition) is 4. The molecule has 0 rings (SSSR count). The Labute approximate surface area is 141 Å². The first kappa shape index (κ1) is 22.6. The number of aliphatic carboxylic acids is 2. The van der Waals surface area contributed by atoms with Crippen LogP contribution >= 0.6 is 0 Å². The molecule has 4 nitrogen and oxygen atoms in total. The van der Waals surface area contributed by atoms with Gasteiger partial charge in [-0.2, -0.15) is 0 Å². The molecule has 0 atom stereocenters. The summed E-state index contributed by atoms with van der Waals surface area (Å²) in [6.45, 7) is 7.96. The van der Waals surface area contributed by atoms with E-state index in [9.17, 15) is 19.8 Å². The van der Waals surface area contributed by atoms with Crippen LogP contribution in [0, 0.1) is 11.8 Å². The molecule has 96 valence electrons. The Morgan fingerprint density at radius 2 is 1.06 bits per heavy atom. The first-order valence-corrected chi connectivity index (χ1v) is 5.65. The van der Waals surface area contributed by atoms with Crippen molar-refractivity contribution in [1.29, 1.82) is 0 Å². The minimum Gasteiger partial charge on any atom is -0.550 e. The van der Waals surface area contributed by atoms with Crippen LogP contribution in [0.25, 0.3) is 0 Å². The summed E-state index contributed by atoms with van der Waals surface area (Å²) in [4.78, 5) is 19.6. The van der Waals surface area contributed by atoms with Crippen molar-refractivity contribution in [2.75, 3.05) is 0 Å². The van der Waals surface area contributed by atoms with Gasteiger partial charge in [-0.15, -0.1) is 0 Å². The minimum atomic E-state index is -0.946. The van der Waals surface area contributed by atoms with Gasteiger partial charge < -0.3 is 19.8 Å². The van der Waals surface area contributed by atoms with E-state index in [-0.39, 0.29) is 58.3 Å². The Balaban J connectivity index is -0.000000218. The van der Waals surface area contributed by atoms with Crippen LogP contribution in [0.5, 0.6) is 0 Å². The zero-order chi connectivity index (χ0) is 13.1.